The van der Waals surface area contributed by atoms with Gasteiger partial charge in [-0.15, -0.1) is 0 Å². The van der Waals surface area contributed by atoms with Gasteiger partial charge in [-0.1, -0.05) is 47.8 Å². The predicted octanol–water partition coefficient (Wildman–Crippen LogP) is 3.33. The molecule has 0 saturated carbocycles. The lowest BCUT2D eigenvalue weighted by Gasteiger charge is -2.17. The summed E-state index contributed by atoms with van der Waals surface area (Å²) < 4.78 is 23.7. The van der Waals surface area contributed by atoms with Crippen LogP contribution in [0.2, 0.25) is 0 Å². The molecule has 0 fully saturated rings. The van der Waals surface area contributed by atoms with Crippen molar-refractivity contribution >= 4 is 55.2 Å². The second kappa shape index (κ2) is 7.83. The topological polar surface area (TPSA) is 102 Å². The highest BCUT2D eigenvalue weighted by Crippen LogP contribution is 2.35. The van der Waals surface area contributed by atoms with Crippen LogP contribution < -0.4 is 10.5 Å². The fourth-order valence-electron chi connectivity index (χ4n) is 2.27. The van der Waals surface area contributed by atoms with Gasteiger partial charge in [0, 0.05) is 11.4 Å². The molecule has 6 nitrogen and oxygen atoms in total. The molecule has 136 valence electrons. The Morgan fingerprint density at radius 2 is 2.04 bits per heavy atom. The number of aliphatic imine (C=N–C) groups is 1. The number of anilines is 1. The van der Waals surface area contributed by atoms with Gasteiger partial charge in [-0.05, 0) is 36.8 Å². The van der Waals surface area contributed by atoms with E-state index in [0.29, 0.717) is 5.69 Å². The molecule has 0 saturated heterocycles. The largest absolute Gasteiger partial charge is 0.325 e. The Bertz CT molecular complexity index is 974. The molecule has 0 spiro atoms. The number of benzene rings is 2. The number of hydrogen-bond donors (Lipinski definition) is 2. The maximum absolute atomic E-state index is 12.4. The third-order valence-corrected chi connectivity index (χ3v) is 6.84. The molecular formula is C17H17N3O3S3. The first-order valence-corrected chi connectivity index (χ1v) is 11.1. The van der Waals surface area contributed by atoms with Crippen molar-refractivity contribution < 1.29 is 13.2 Å². The van der Waals surface area contributed by atoms with Crippen LogP contribution in [0.1, 0.15) is 12.5 Å². The molecule has 1 atom stereocenters. The Kier molecular flexibility index (Phi) is 5.71. The van der Waals surface area contributed by atoms with Crippen molar-refractivity contribution in [1.29, 1.82) is 0 Å². The van der Waals surface area contributed by atoms with E-state index < -0.39 is 10.0 Å². The van der Waals surface area contributed by atoms with E-state index in [1.165, 1.54) is 35.5 Å². The van der Waals surface area contributed by atoms with Gasteiger partial charge in [-0.25, -0.2) is 18.5 Å². The molecule has 3 N–H and O–H groups in total. The summed E-state index contributed by atoms with van der Waals surface area (Å²) in [5, 5.41) is 7.45. The van der Waals surface area contributed by atoms with Gasteiger partial charge in [-0.3, -0.25) is 4.79 Å². The van der Waals surface area contributed by atoms with Gasteiger partial charge in [0.1, 0.15) is 4.38 Å². The molecule has 9 heteroatoms. The van der Waals surface area contributed by atoms with Crippen LogP contribution in [-0.2, 0) is 20.6 Å². The minimum atomic E-state index is -3.81. The number of nitrogens with zero attached hydrogens (tertiary/aromatic N) is 1. The molecule has 2 aromatic rings. The quantitative estimate of drug-likeness (QED) is 0.809. The van der Waals surface area contributed by atoms with Gasteiger partial charge in [0.15, 0.2) is 0 Å². The zero-order valence-electron chi connectivity index (χ0n) is 13.9. The van der Waals surface area contributed by atoms with Crippen LogP contribution in [0.25, 0.3) is 0 Å². The Hall–Kier alpha value is -1.81. The number of carbonyl (C=O) groups is 1. The lowest BCUT2D eigenvalue weighted by molar-refractivity contribution is -0.115. The SMILES string of the molecule is CC(SC1=Nc2ccccc2CS1)C(=O)Nc1cccc(S(N)(=O)=O)c1. The molecule has 1 heterocycles. The van der Waals surface area contributed by atoms with Crippen LogP contribution in [0.5, 0.6) is 0 Å². The van der Waals surface area contributed by atoms with Crippen LogP contribution in [0.3, 0.4) is 0 Å². The van der Waals surface area contributed by atoms with Crippen LogP contribution in [0.15, 0.2) is 58.4 Å². The van der Waals surface area contributed by atoms with Crippen LogP contribution >= 0.6 is 23.5 Å². The lowest BCUT2D eigenvalue weighted by atomic mass is 10.2. The van der Waals surface area contributed by atoms with E-state index >= 15 is 0 Å². The normalized spacial score (nSPS) is 14.9. The highest BCUT2D eigenvalue weighted by atomic mass is 32.2. The molecule has 0 aromatic heterocycles. The van der Waals surface area contributed by atoms with E-state index in [9.17, 15) is 13.2 Å². The molecule has 1 amide bonds. The Morgan fingerprint density at radius 3 is 2.81 bits per heavy atom. The average molecular weight is 408 g/mol. The summed E-state index contributed by atoms with van der Waals surface area (Å²) in [6.45, 7) is 1.78. The third-order valence-electron chi connectivity index (χ3n) is 3.63. The van der Waals surface area contributed by atoms with E-state index in [4.69, 9.17) is 5.14 Å². The monoisotopic (exact) mass is 407 g/mol. The van der Waals surface area contributed by atoms with Gasteiger partial charge in [0.05, 0.1) is 15.8 Å². The third kappa shape index (κ3) is 4.67. The number of nitrogens with one attached hydrogen (secondary N) is 1. The zero-order chi connectivity index (χ0) is 18.7. The highest BCUT2D eigenvalue weighted by molar-refractivity contribution is 8.39. The molecular weight excluding hydrogens is 390 g/mol. The van der Waals surface area contributed by atoms with E-state index in [2.05, 4.69) is 10.3 Å². The van der Waals surface area contributed by atoms with Crippen molar-refractivity contribution in [1.82, 2.24) is 0 Å². The van der Waals surface area contributed by atoms with Crippen molar-refractivity contribution in [2.24, 2.45) is 10.1 Å². The molecule has 2 aromatic carbocycles. The molecule has 0 radical (unpaired) electrons. The van der Waals surface area contributed by atoms with Crippen molar-refractivity contribution in [2.75, 3.05) is 5.32 Å². The first-order valence-electron chi connectivity index (χ1n) is 7.73. The smallest absolute Gasteiger partial charge is 0.238 e. The van der Waals surface area contributed by atoms with Gasteiger partial charge in [0.25, 0.3) is 0 Å². The standard InChI is InChI=1S/C17H17N3O3S3/c1-11(25-17-20-15-8-3-2-5-12(15)10-24-17)16(21)19-13-6-4-7-14(9-13)26(18,22)23/h2-9,11H,10H2,1H3,(H,19,21)(H2,18,22,23). The highest BCUT2D eigenvalue weighted by Gasteiger charge is 2.20. The molecule has 0 bridgehead atoms. The summed E-state index contributed by atoms with van der Waals surface area (Å²) in [5.74, 6) is 0.593. The summed E-state index contributed by atoms with van der Waals surface area (Å²) in [5.41, 5.74) is 2.50. The van der Waals surface area contributed by atoms with Gasteiger partial charge >= 0.3 is 0 Å². The fourth-order valence-corrected chi connectivity index (χ4v) is 5.02. The number of carbonyl (C=O) groups excluding carboxylic acids is 1. The minimum Gasteiger partial charge on any atom is -0.325 e. The number of thioether (sulfide) groups is 2. The van der Waals surface area contributed by atoms with Crippen LogP contribution in [0, 0.1) is 0 Å². The fraction of sp³-hybridized carbons (Fsp3) is 0.176. The van der Waals surface area contributed by atoms with Crippen molar-refractivity contribution in [3.8, 4) is 0 Å². The summed E-state index contributed by atoms with van der Waals surface area (Å²) >= 11 is 2.98. The number of amides is 1. The maximum Gasteiger partial charge on any atom is 0.238 e. The van der Waals surface area contributed by atoms with E-state index in [1.807, 2.05) is 24.3 Å². The van der Waals surface area contributed by atoms with Gasteiger partial charge < -0.3 is 5.32 Å². The number of nitrogens with two attached hydrogens (primary N) is 1. The number of rotatable bonds is 4. The van der Waals surface area contributed by atoms with Crippen molar-refractivity contribution in [3.05, 3.63) is 54.1 Å². The molecule has 26 heavy (non-hydrogen) atoms. The molecule has 3 rings (SSSR count). The van der Waals surface area contributed by atoms with E-state index in [-0.39, 0.29) is 16.1 Å². The van der Waals surface area contributed by atoms with Gasteiger partial charge in [-0.2, -0.15) is 0 Å². The molecule has 1 aliphatic rings. The number of hydrogen-bond acceptors (Lipinski definition) is 6. The summed E-state index contributed by atoms with van der Waals surface area (Å²) in [6, 6.07) is 13.8. The first-order chi connectivity index (χ1) is 12.3. The second-order valence-electron chi connectivity index (χ2n) is 5.62. The van der Waals surface area contributed by atoms with E-state index in [1.54, 1.807) is 24.8 Å². The lowest BCUT2D eigenvalue weighted by Crippen LogP contribution is -2.24. The Labute approximate surface area is 160 Å². The van der Waals surface area contributed by atoms with E-state index in [0.717, 1.165) is 15.8 Å². The van der Waals surface area contributed by atoms with Crippen LogP contribution in [0.4, 0.5) is 11.4 Å². The Morgan fingerprint density at radius 1 is 1.27 bits per heavy atom. The van der Waals surface area contributed by atoms with Crippen LogP contribution in [-0.4, -0.2) is 24.0 Å². The number of sulfonamides is 1. The molecule has 0 aliphatic carbocycles. The number of para-hydroxylation sites is 1. The first kappa shape index (κ1) is 19.0. The average Bonchev–Trinajstić information content (AvgIpc) is 2.61. The zero-order valence-corrected chi connectivity index (χ0v) is 16.3. The summed E-state index contributed by atoms with van der Waals surface area (Å²) in [4.78, 5) is 17.0. The van der Waals surface area contributed by atoms with Crippen molar-refractivity contribution in [3.63, 3.8) is 0 Å². The predicted molar refractivity (Wildman–Crippen MR) is 108 cm³/mol. The summed E-state index contributed by atoms with van der Waals surface area (Å²) in [7, 11) is -3.81. The maximum atomic E-state index is 12.4. The molecule has 1 unspecified atom stereocenters. The van der Waals surface area contributed by atoms with Crippen molar-refractivity contribution in [2.45, 2.75) is 22.8 Å². The summed E-state index contributed by atoms with van der Waals surface area (Å²) in [6.07, 6.45) is 0. The molecule has 1 aliphatic heterocycles. The van der Waals surface area contributed by atoms with Gasteiger partial charge in [0.2, 0.25) is 15.9 Å². The number of primary sulfonamides is 1. The second-order valence-corrected chi connectivity index (χ2v) is 9.73. The number of fused-ring (bicyclic) bond motifs is 1. The Balaban J connectivity index is 1.67. The minimum absolute atomic E-state index is 0.0422.